The van der Waals surface area contributed by atoms with E-state index in [4.69, 9.17) is 0 Å². The molecule has 0 spiro atoms. The van der Waals surface area contributed by atoms with Gasteiger partial charge in [-0.05, 0) is 46.9 Å². The highest BCUT2D eigenvalue weighted by Crippen LogP contribution is 2.14. The van der Waals surface area contributed by atoms with Crippen LogP contribution in [0.4, 0.5) is 4.79 Å². The highest BCUT2D eigenvalue weighted by atomic mass is 16.2. The number of hydrogen-bond acceptors (Lipinski definition) is 4. The third-order valence-electron chi connectivity index (χ3n) is 5.03. The van der Waals surface area contributed by atoms with Gasteiger partial charge in [0.1, 0.15) is 0 Å². The maximum absolute atomic E-state index is 12.2. The topological polar surface area (TPSA) is 65.4 Å². The van der Waals surface area contributed by atoms with Crippen molar-refractivity contribution in [1.82, 2.24) is 30.2 Å². The Morgan fingerprint density at radius 1 is 1.29 bits per heavy atom. The molecule has 1 aromatic heterocycles. The summed E-state index contributed by atoms with van der Waals surface area (Å²) in [4.78, 5) is 16.8. The molecule has 24 heavy (non-hydrogen) atoms. The molecule has 7 heteroatoms. The zero-order valence-electron chi connectivity index (χ0n) is 15.9. The minimum Gasteiger partial charge on any atom is -0.337 e. The van der Waals surface area contributed by atoms with Gasteiger partial charge in [0.25, 0.3) is 0 Å². The molecular weight excluding hydrogens is 304 g/mol. The number of aryl methyl sites for hydroxylation is 2. The molecule has 2 N–H and O–H groups in total. The average Bonchev–Trinajstić information content (AvgIpc) is 2.74. The Balaban J connectivity index is 1.79. The number of piperazine rings is 1. The van der Waals surface area contributed by atoms with Crippen molar-refractivity contribution < 1.29 is 4.79 Å². The van der Waals surface area contributed by atoms with E-state index in [0.717, 1.165) is 37.4 Å². The highest BCUT2D eigenvalue weighted by molar-refractivity contribution is 5.74. The number of hydrogen-bond donors (Lipinski definition) is 2. The zero-order valence-corrected chi connectivity index (χ0v) is 15.9. The number of rotatable bonds is 5. The highest BCUT2D eigenvalue weighted by Gasteiger charge is 2.22. The molecule has 0 saturated carbocycles. The summed E-state index contributed by atoms with van der Waals surface area (Å²) in [5.41, 5.74) is 3.42. The first-order valence-corrected chi connectivity index (χ1v) is 8.70. The van der Waals surface area contributed by atoms with Crippen molar-refractivity contribution in [3.63, 3.8) is 0 Å². The molecule has 2 rings (SSSR count). The number of nitrogens with zero attached hydrogens (tertiary/aromatic N) is 4. The lowest BCUT2D eigenvalue weighted by molar-refractivity contribution is 0.114. The largest absolute Gasteiger partial charge is 0.337 e. The first-order chi connectivity index (χ1) is 11.3. The van der Waals surface area contributed by atoms with E-state index in [1.807, 2.05) is 25.6 Å². The van der Waals surface area contributed by atoms with Crippen LogP contribution in [0.5, 0.6) is 0 Å². The standard InChI is InChI=1S/C17H32N6O/c1-12(9-16-13(2)20-23(6)14(16)3)19-17(24)18-10-15-11-21(4)7-8-22(15)5/h12,15H,7-11H2,1-6H3,(H2,18,19,24)/t12-,15+/m0/s1. The smallest absolute Gasteiger partial charge is 0.315 e. The van der Waals surface area contributed by atoms with E-state index < -0.39 is 0 Å². The van der Waals surface area contributed by atoms with Gasteiger partial charge in [-0.3, -0.25) is 9.58 Å². The van der Waals surface area contributed by atoms with Crippen LogP contribution in [0.25, 0.3) is 0 Å². The number of amides is 2. The minimum atomic E-state index is -0.0941. The van der Waals surface area contributed by atoms with Crippen LogP contribution in [0.15, 0.2) is 0 Å². The van der Waals surface area contributed by atoms with Crippen molar-refractivity contribution >= 4 is 6.03 Å². The van der Waals surface area contributed by atoms with E-state index in [9.17, 15) is 4.79 Å². The van der Waals surface area contributed by atoms with Gasteiger partial charge >= 0.3 is 6.03 Å². The lowest BCUT2D eigenvalue weighted by Crippen LogP contribution is -2.55. The van der Waals surface area contributed by atoms with Crippen LogP contribution in [0.1, 0.15) is 23.9 Å². The van der Waals surface area contributed by atoms with Gasteiger partial charge in [0.05, 0.1) is 5.69 Å². The van der Waals surface area contributed by atoms with Gasteiger partial charge in [-0.25, -0.2) is 4.79 Å². The van der Waals surface area contributed by atoms with Crippen molar-refractivity contribution in [2.75, 3.05) is 40.3 Å². The van der Waals surface area contributed by atoms with Gasteiger partial charge in [0.2, 0.25) is 0 Å². The van der Waals surface area contributed by atoms with E-state index in [0.29, 0.717) is 12.6 Å². The van der Waals surface area contributed by atoms with Crippen molar-refractivity contribution in [1.29, 1.82) is 0 Å². The van der Waals surface area contributed by atoms with Crippen LogP contribution in [-0.4, -0.2) is 78.0 Å². The molecule has 1 saturated heterocycles. The predicted octanol–water partition coefficient (Wildman–Crippen LogP) is 0.513. The molecule has 2 heterocycles. The normalized spacial score (nSPS) is 20.8. The second-order valence-corrected chi connectivity index (χ2v) is 7.13. The van der Waals surface area contributed by atoms with E-state index in [-0.39, 0.29) is 12.1 Å². The quantitative estimate of drug-likeness (QED) is 0.822. The van der Waals surface area contributed by atoms with Crippen molar-refractivity contribution in [3.05, 3.63) is 17.0 Å². The van der Waals surface area contributed by atoms with E-state index in [1.54, 1.807) is 0 Å². The number of carbonyl (C=O) groups is 1. The van der Waals surface area contributed by atoms with Crippen LogP contribution in [0.3, 0.4) is 0 Å². The van der Waals surface area contributed by atoms with E-state index >= 15 is 0 Å². The zero-order chi connectivity index (χ0) is 17.9. The Labute approximate surface area is 145 Å². The molecule has 0 aliphatic carbocycles. The van der Waals surface area contributed by atoms with Crippen LogP contribution < -0.4 is 10.6 Å². The maximum Gasteiger partial charge on any atom is 0.315 e. The maximum atomic E-state index is 12.2. The minimum absolute atomic E-state index is 0.0679. The Morgan fingerprint density at radius 2 is 2.00 bits per heavy atom. The number of likely N-dealkylation sites (N-methyl/N-ethyl adjacent to an activating group) is 2. The molecule has 136 valence electrons. The summed E-state index contributed by atoms with van der Waals surface area (Å²) >= 11 is 0. The fourth-order valence-electron chi connectivity index (χ4n) is 3.28. The lowest BCUT2D eigenvalue weighted by Gasteiger charge is -2.37. The molecular formula is C17H32N6O. The summed E-state index contributed by atoms with van der Waals surface area (Å²) in [6, 6.07) is 0.342. The SMILES string of the molecule is Cc1nn(C)c(C)c1C[C@H](C)NC(=O)NC[C@@H]1CN(C)CCN1C. The fourth-order valence-corrected chi connectivity index (χ4v) is 3.28. The van der Waals surface area contributed by atoms with Gasteiger partial charge in [-0.15, -0.1) is 0 Å². The second-order valence-electron chi connectivity index (χ2n) is 7.13. The first-order valence-electron chi connectivity index (χ1n) is 8.70. The molecule has 2 atom stereocenters. The van der Waals surface area contributed by atoms with Gasteiger partial charge in [-0.2, -0.15) is 5.10 Å². The molecule has 0 unspecified atom stereocenters. The molecule has 0 aromatic carbocycles. The first kappa shape index (κ1) is 18.7. The second kappa shape index (κ2) is 7.98. The number of urea groups is 1. The summed E-state index contributed by atoms with van der Waals surface area (Å²) < 4.78 is 1.90. The Hall–Kier alpha value is -1.60. The third-order valence-corrected chi connectivity index (χ3v) is 5.03. The van der Waals surface area contributed by atoms with Gasteiger partial charge in [0, 0.05) is 51.0 Å². The van der Waals surface area contributed by atoms with E-state index in [1.165, 1.54) is 5.56 Å². The van der Waals surface area contributed by atoms with Gasteiger partial charge in [0.15, 0.2) is 0 Å². The molecule has 1 aliphatic rings. The van der Waals surface area contributed by atoms with Crippen molar-refractivity contribution in [3.8, 4) is 0 Å². The van der Waals surface area contributed by atoms with Crippen LogP contribution in [-0.2, 0) is 13.5 Å². The fraction of sp³-hybridized carbons (Fsp3) is 0.765. The number of carbonyl (C=O) groups excluding carboxylic acids is 1. The summed E-state index contributed by atoms with van der Waals surface area (Å²) in [6.07, 6.45) is 0.797. The molecule has 7 nitrogen and oxygen atoms in total. The van der Waals surface area contributed by atoms with E-state index in [2.05, 4.69) is 46.6 Å². The van der Waals surface area contributed by atoms with Crippen LogP contribution >= 0.6 is 0 Å². The lowest BCUT2D eigenvalue weighted by atomic mass is 10.1. The molecule has 0 bridgehead atoms. The predicted molar refractivity (Wildman–Crippen MR) is 96.3 cm³/mol. The van der Waals surface area contributed by atoms with Crippen LogP contribution in [0, 0.1) is 13.8 Å². The van der Waals surface area contributed by atoms with Crippen LogP contribution in [0.2, 0.25) is 0 Å². The molecule has 2 amide bonds. The number of aromatic nitrogens is 2. The summed E-state index contributed by atoms with van der Waals surface area (Å²) in [5.74, 6) is 0. The summed E-state index contributed by atoms with van der Waals surface area (Å²) in [5, 5.41) is 10.5. The molecule has 1 fully saturated rings. The molecule has 1 aromatic rings. The Bertz CT molecular complexity index is 570. The number of nitrogens with one attached hydrogen (secondary N) is 2. The van der Waals surface area contributed by atoms with Gasteiger partial charge < -0.3 is 15.5 Å². The summed E-state index contributed by atoms with van der Waals surface area (Å²) in [7, 11) is 6.20. The molecule has 0 radical (unpaired) electrons. The summed E-state index contributed by atoms with van der Waals surface area (Å²) in [6.45, 7) is 9.90. The molecule has 1 aliphatic heterocycles. The monoisotopic (exact) mass is 336 g/mol. The van der Waals surface area contributed by atoms with Crippen molar-refractivity contribution in [2.45, 2.75) is 39.3 Å². The van der Waals surface area contributed by atoms with Crippen molar-refractivity contribution in [2.24, 2.45) is 7.05 Å². The Morgan fingerprint density at radius 3 is 2.62 bits per heavy atom. The average molecular weight is 336 g/mol. The third kappa shape index (κ3) is 4.70. The van der Waals surface area contributed by atoms with Gasteiger partial charge in [-0.1, -0.05) is 0 Å². The Kier molecular flexibility index (Phi) is 6.23.